The van der Waals surface area contributed by atoms with Crippen LogP contribution in [0.3, 0.4) is 0 Å². The molecule has 0 unspecified atom stereocenters. The molecule has 0 aliphatic carbocycles. The first-order valence-corrected chi connectivity index (χ1v) is 6.67. The Labute approximate surface area is 116 Å². The lowest BCUT2D eigenvalue weighted by atomic mass is 9.78. The molecule has 0 spiro atoms. The van der Waals surface area contributed by atoms with Crippen LogP contribution in [0.25, 0.3) is 0 Å². The van der Waals surface area contributed by atoms with Gasteiger partial charge in [-0.25, -0.2) is 0 Å². The largest absolute Gasteiger partial charge is 0.507 e. The zero-order chi connectivity index (χ0) is 15.0. The summed E-state index contributed by atoms with van der Waals surface area (Å²) < 4.78 is 0. The number of rotatable bonds is 2. The van der Waals surface area contributed by atoms with Crippen LogP contribution in [0.2, 0.25) is 0 Å². The monoisotopic (exact) mass is 262 g/mol. The van der Waals surface area contributed by atoms with Crippen molar-refractivity contribution in [3.63, 3.8) is 0 Å². The molecule has 0 aliphatic rings. The fraction of sp³-hybridized carbons (Fsp3) is 0.529. The van der Waals surface area contributed by atoms with Crippen molar-refractivity contribution in [2.75, 3.05) is 0 Å². The highest BCUT2D eigenvalue weighted by atomic mass is 16.3. The highest BCUT2D eigenvalue weighted by Crippen LogP contribution is 2.40. The van der Waals surface area contributed by atoms with Crippen LogP contribution in [0.5, 0.6) is 5.75 Å². The van der Waals surface area contributed by atoms with Gasteiger partial charge in [-0.2, -0.15) is 0 Å². The average Bonchev–Trinajstić information content (AvgIpc) is 2.25. The van der Waals surface area contributed by atoms with Crippen molar-refractivity contribution < 1.29 is 10.2 Å². The Kier molecular flexibility index (Phi) is 4.16. The van der Waals surface area contributed by atoms with Crippen LogP contribution in [0.1, 0.15) is 64.3 Å². The SMILES string of the molecule is C=C[C@@H](O)c1cc(C(C)(C)C)c(O)c(C(C)(C)C)c1. The fourth-order valence-corrected chi connectivity index (χ4v) is 2.11. The first-order chi connectivity index (χ1) is 8.48. The van der Waals surface area contributed by atoms with Crippen molar-refractivity contribution >= 4 is 0 Å². The molecule has 0 saturated heterocycles. The molecule has 0 radical (unpaired) electrons. The molecule has 106 valence electrons. The minimum atomic E-state index is -0.706. The van der Waals surface area contributed by atoms with E-state index < -0.39 is 6.10 Å². The molecule has 0 saturated carbocycles. The van der Waals surface area contributed by atoms with Gasteiger partial charge < -0.3 is 10.2 Å². The highest BCUT2D eigenvalue weighted by molar-refractivity contribution is 5.50. The number of aliphatic hydroxyl groups is 1. The minimum absolute atomic E-state index is 0.180. The van der Waals surface area contributed by atoms with Gasteiger partial charge in [-0.05, 0) is 39.7 Å². The number of aliphatic hydroxyl groups excluding tert-OH is 1. The molecule has 0 aliphatic heterocycles. The molecule has 2 heteroatoms. The lowest BCUT2D eigenvalue weighted by molar-refractivity contribution is 0.228. The van der Waals surface area contributed by atoms with Crippen molar-refractivity contribution in [2.45, 2.75) is 58.5 Å². The molecule has 0 fully saturated rings. The molecule has 1 rings (SSSR count). The summed E-state index contributed by atoms with van der Waals surface area (Å²) in [6.07, 6.45) is 0.799. The third kappa shape index (κ3) is 3.38. The molecule has 1 aromatic rings. The summed E-state index contributed by atoms with van der Waals surface area (Å²) in [5.41, 5.74) is 2.14. The van der Waals surface area contributed by atoms with E-state index >= 15 is 0 Å². The van der Waals surface area contributed by atoms with Gasteiger partial charge in [0.1, 0.15) is 5.75 Å². The molecular weight excluding hydrogens is 236 g/mol. The van der Waals surface area contributed by atoms with E-state index in [4.69, 9.17) is 0 Å². The Balaban J connectivity index is 3.62. The van der Waals surface area contributed by atoms with Crippen LogP contribution >= 0.6 is 0 Å². The van der Waals surface area contributed by atoms with E-state index in [-0.39, 0.29) is 10.8 Å². The zero-order valence-corrected chi connectivity index (χ0v) is 12.9. The molecule has 1 atom stereocenters. The summed E-state index contributed by atoms with van der Waals surface area (Å²) in [5.74, 6) is 0.333. The van der Waals surface area contributed by atoms with Crippen LogP contribution < -0.4 is 0 Å². The smallest absolute Gasteiger partial charge is 0.123 e. The Morgan fingerprint density at radius 1 is 1.00 bits per heavy atom. The minimum Gasteiger partial charge on any atom is -0.507 e. The number of hydrogen-bond donors (Lipinski definition) is 2. The van der Waals surface area contributed by atoms with Gasteiger partial charge in [0, 0.05) is 0 Å². The summed E-state index contributed by atoms with van der Waals surface area (Å²) in [6.45, 7) is 16.0. The highest BCUT2D eigenvalue weighted by Gasteiger charge is 2.27. The van der Waals surface area contributed by atoms with Gasteiger partial charge in [0.15, 0.2) is 0 Å². The molecule has 0 bridgehead atoms. The van der Waals surface area contributed by atoms with Crippen molar-refractivity contribution in [1.82, 2.24) is 0 Å². The van der Waals surface area contributed by atoms with Gasteiger partial charge in [0.05, 0.1) is 6.10 Å². The first-order valence-electron chi connectivity index (χ1n) is 6.67. The molecule has 2 nitrogen and oxygen atoms in total. The third-order valence-corrected chi connectivity index (χ3v) is 3.31. The quantitative estimate of drug-likeness (QED) is 0.784. The maximum Gasteiger partial charge on any atom is 0.123 e. The van der Waals surface area contributed by atoms with Crippen molar-refractivity contribution in [3.8, 4) is 5.75 Å². The number of phenolic OH excluding ortho intramolecular Hbond substituents is 1. The topological polar surface area (TPSA) is 40.5 Å². The zero-order valence-electron chi connectivity index (χ0n) is 12.9. The normalized spacial score (nSPS) is 14.3. The van der Waals surface area contributed by atoms with Crippen LogP contribution in [0.4, 0.5) is 0 Å². The van der Waals surface area contributed by atoms with Crippen molar-refractivity contribution in [1.29, 1.82) is 0 Å². The van der Waals surface area contributed by atoms with E-state index in [0.717, 1.165) is 16.7 Å². The maximum atomic E-state index is 10.5. The van der Waals surface area contributed by atoms with Gasteiger partial charge in [0.2, 0.25) is 0 Å². The van der Waals surface area contributed by atoms with E-state index in [0.29, 0.717) is 5.75 Å². The second kappa shape index (κ2) is 5.01. The number of benzene rings is 1. The number of hydrogen-bond acceptors (Lipinski definition) is 2. The van der Waals surface area contributed by atoms with Crippen LogP contribution in [0.15, 0.2) is 24.8 Å². The molecule has 0 heterocycles. The Bertz CT molecular complexity index is 438. The standard InChI is InChI=1S/C17H26O2/c1-8-14(18)11-9-12(16(2,3)4)15(19)13(10-11)17(5,6)7/h8-10,14,18-19H,1H2,2-7H3/t14-/m1/s1. The van der Waals surface area contributed by atoms with Crippen LogP contribution in [-0.2, 0) is 10.8 Å². The fourth-order valence-electron chi connectivity index (χ4n) is 2.11. The summed E-state index contributed by atoms with van der Waals surface area (Å²) in [6, 6.07) is 3.74. The van der Waals surface area contributed by atoms with Gasteiger partial charge in [-0.1, -0.05) is 47.6 Å². The predicted octanol–water partition coefficient (Wildman–Crippen LogP) is 4.21. The second-order valence-electron chi connectivity index (χ2n) is 7.15. The summed E-state index contributed by atoms with van der Waals surface area (Å²) in [5, 5.41) is 20.5. The van der Waals surface area contributed by atoms with Crippen molar-refractivity contribution in [3.05, 3.63) is 41.5 Å². The van der Waals surface area contributed by atoms with Gasteiger partial charge in [-0.15, -0.1) is 6.58 Å². The molecule has 0 amide bonds. The summed E-state index contributed by atoms with van der Waals surface area (Å²) in [7, 11) is 0. The van der Waals surface area contributed by atoms with Crippen LogP contribution in [-0.4, -0.2) is 10.2 Å². The average molecular weight is 262 g/mol. The Hall–Kier alpha value is -1.28. The molecule has 2 N–H and O–H groups in total. The molecular formula is C17H26O2. The van der Waals surface area contributed by atoms with E-state index in [1.165, 1.54) is 6.08 Å². The van der Waals surface area contributed by atoms with Crippen LogP contribution in [0, 0.1) is 0 Å². The van der Waals surface area contributed by atoms with Gasteiger partial charge in [-0.3, -0.25) is 0 Å². The van der Waals surface area contributed by atoms with E-state index in [9.17, 15) is 10.2 Å². The third-order valence-electron chi connectivity index (χ3n) is 3.31. The first kappa shape index (κ1) is 15.8. The van der Waals surface area contributed by atoms with Gasteiger partial charge in [0.25, 0.3) is 0 Å². The lowest BCUT2D eigenvalue weighted by Crippen LogP contribution is -2.18. The molecule has 0 aromatic heterocycles. The van der Waals surface area contributed by atoms with E-state index in [2.05, 4.69) is 48.1 Å². The number of aromatic hydroxyl groups is 1. The summed E-state index contributed by atoms with van der Waals surface area (Å²) in [4.78, 5) is 0. The second-order valence-corrected chi connectivity index (χ2v) is 7.15. The summed E-state index contributed by atoms with van der Waals surface area (Å²) >= 11 is 0. The van der Waals surface area contributed by atoms with E-state index in [1.54, 1.807) is 0 Å². The van der Waals surface area contributed by atoms with Crippen molar-refractivity contribution in [2.24, 2.45) is 0 Å². The van der Waals surface area contributed by atoms with Gasteiger partial charge >= 0.3 is 0 Å². The molecule has 19 heavy (non-hydrogen) atoms. The Morgan fingerprint density at radius 3 is 1.63 bits per heavy atom. The lowest BCUT2D eigenvalue weighted by Gasteiger charge is -2.28. The van der Waals surface area contributed by atoms with E-state index in [1.807, 2.05) is 12.1 Å². The maximum absolute atomic E-state index is 10.5. The molecule has 1 aromatic carbocycles. The Morgan fingerprint density at radius 2 is 1.37 bits per heavy atom. The predicted molar refractivity (Wildman–Crippen MR) is 80.7 cm³/mol. The number of phenols is 1.